The van der Waals surface area contributed by atoms with Crippen LogP contribution in [0, 0.1) is 13.5 Å². The van der Waals surface area contributed by atoms with Crippen LogP contribution in [-0.2, 0) is 7.05 Å². The summed E-state index contributed by atoms with van der Waals surface area (Å²) in [5.74, 6) is 0. The SMILES string of the molecule is [C-]#[N+]c1ccc(C)n(C)c1=O. The van der Waals surface area contributed by atoms with Gasteiger partial charge < -0.3 is 4.57 Å². The Labute approximate surface area is 64.7 Å². The molecule has 3 heteroatoms. The summed E-state index contributed by atoms with van der Waals surface area (Å²) in [6.45, 7) is 8.49. The number of hydrogen-bond donors (Lipinski definition) is 0. The molecule has 1 rings (SSSR count). The van der Waals surface area contributed by atoms with Crippen LogP contribution in [-0.4, -0.2) is 4.57 Å². The van der Waals surface area contributed by atoms with Crippen molar-refractivity contribution in [3.05, 3.63) is 39.6 Å². The molecule has 0 N–H and O–H groups in total. The fourth-order valence-electron chi connectivity index (χ4n) is 0.800. The molecule has 1 aromatic heterocycles. The Bertz CT molecular complexity index is 371. The molecule has 0 unspecified atom stereocenters. The second-order valence-electron chi connectivity index (χ2n) is 2.34. The smallest absolute Gasteiger partial charge is 0.256 e. The zero-order valence-electron chi connectivity index (χ0n) is 6.46. The molecule has 11 heavy (non-hydrogen) atoms. The minimum absolute atomic E-state index is 0.179. The van der Waals surface area contributed by atoms with Crippen molar-refractivity contribution in [2.75, 3.05) is 0 Å². The van der Waals surface area contributed by atoms with Crippen molar-refractivity contribution in [3.63, 3.8) is 0 Å². The van der Waals surface area contributed by atoms with Gasteiger partial charge in [0, 0.05) is 12.7 Å². The lowest BCUT2D eigenvalue weighted by atomic mass is 10.3. The van der Waals surface area contributed by atoms with E-state index in [9.17, 15) is 4.79 Å². The lowest BCUT2D eigenvalue weighted by molar-refractivity contribution is 0.823. The van der Waals surface area contributed by atoms with Crippen molar-refractivity contribution in [1.29, 1.82) is 0 Å². The number of aromatic nitrogens is 1. The van der Waals surface area contributed by atoms with Crippen molar-refractivity contribution in [2.24, 2.45) is 7.05 Å². The first-order valence-corrected chi connectivity index (χ1v) is 3.21. The van der Waals surface area contributed by atoms with E-state index in [1.165, 1.54) is 4.57 Å². The molecule has 1 heterocycles. The molecule has 0 amide bonds. The van der Waals surface area contributed by atoms with Crippen LogP contribution in [0.1, 0.15) is 5.69 Å². The third-order valence-corrected chi connectivity index (χ3v) is 1.66. The minimum Gasteiger partial charge on any atom is -0.325 e. The average Bonchev–Trinajstić information content (AvgIpc) is 2.01. The van der Waals surface area contributed by atoms with Gasteiger partial charge in [-0.2, -0.15) is 0 Å². The summed E-state index contributed by atoms with van der Waals surface area (Å²) in [4.78, 5) is 14.3. The van der Waals surface area contributed by atoms with Crippen molar-refractivity contribution in [3.8, 4) is 0 Å². The summed E-state index contributed by atoms with van der Waals surface area (Å²) < 4.78 is 1.47. The van der Waals surface area contributed by atoms with Crippen molar-refractivity contribution < 1.29 is 0 Å². The second-order valence-corrected chi connectivity index (χ2v) is 2.34. The zero-order chi connectivity index (χ0) is 8.43. The highest BCUT2D eigenvalue weighted by molar-refractivity contribution is 5.42. The lowest BCUT2D eigenvalue weighted by Gasteiger charge is -2.01. The Balaban J connectivity index is 3.53. The van der Waals surface area contributed by atoms with Crippen LogP contribution >= 0.6 is 0 Å². The predicted octanol–water partition coefficient (Wildman–Crippen LogP) is 1.24. The van der Waals surface area contributed by atoms with Crippen molar-refractivity contribution >= 4 is 5.69 Å². The Kier molecular flexibility index (Phi) is 1.77. The van der Waals surface area contributed by atoms with Gasteiger partial charge in [-0.25, -0.2) is 4.85 Å². The van der Waals surface area contributed by atoms with Crippen LogP contribution in [0.3, 0.4) is 0 Å². The first kappa shape index (κ1) is 7.55. The summed E-state index contributed by atoms with van der Waals surface area (Å²) in [6, 6.07) is 3.30. The van der Waals surface area contributed by atoms with E-state index in [1.54, 1.807) is 19.2 Å². The molecule has 0 saturated heterocycles. The molecular weight excluding hydrogens is 140 g/mol. The Hall–Kier alpha value is -1.56. The highest BCUT2D eigenvalue weighted by Gasteiger charge is 2.00. The van der Waals surface area contributed by atoms with Crippen LogP contribution < -0.4 is 5.56 Å². The van der Waals surface area contributed by atoms with E-state index in [0.29, 0.717) is 0 Å². The normalized spacial score (nSPS) is 9.18. The summed E-state index contributed by atoms with van der Waals surface area (Å²) in [6.07, 6.45) is 0. The topological polar surface area (TPSA) is 26.4 Å². The fourth-order valence-corrected chi connectivity index (χ4v) is 0.800. The molecule has 0 atom stereocenters. The minimum atomic E-state index is -0.222. The molecule has 0 radical (unpaired) electrons. The van der Waals surface area contributed by atoms with E-state index >= 15 is 0 Å². The number of nitrogens with zero attached hydrogens (tertiary/aromatic N) is 2. The molecule has 0 aromatic carbocycles. The van der Waals surface area contributed by atoms with Crippen LogP contribution in [0.15, 0.2) is 16.9 Å². The van der Waals surface area contributed by atoms with Gasteiger partial charge in [0.2, 0.25) is 0 Å². The van der Waals surface area contributed by atoms with Crippen LogP contribution in [0.25, 0.3) is 4.85 Å². The molecule has 0 spiro atoms. The first-order valence-electron chi connectivity index (χ1n) is 3.21. The predicted molar refractivity (Wildman–Crippen MR) is 42.7 cm³/mol. The molecule has 56 valence electrons. The molecule has 0 aliphatic heterocycles. The molecular formula is C8H8N2O. The van der Waals surface area contributed by atoms with E-state index < -0.39 is 0 Å². The van der Waals surface area contributed by atoms with Gasteiger partial charge in [-0.15, -0.1) is 0 Å². The highest BCUT2D eigenvalue weighted by Crippen LogP contribution is 2.04. The fraction of sp³-hybridized carbons (Fsp3) is 0.250. The third kappa shape index (κ3) is 1.15. The maximum Gasteiger partial charge on any atom is 0.256 e. The largest absolute Gasteiger partial charge is 0.325 e. The molecule has 3 nitrogen and oxygen atoms in total. The number of aryl methyl sites for hydroxylation is 1. The first-order chi connectivity index (χ1) is 5.16. The Morgan fingerprint density at radius 1 is 1.55 bits per heavy atom. The van der Waals surface area contributed by atoms with E-state index in [2.05, 4.69) is 4.85 Å². The van der Waals surface area contributed by atoms with Crippen LogP contribution in [0.2, 0.25) is 0 Å². The van der Waals surface area contributed by atoms with E-state index in [0.717, 1.165) is 5.69 Å². The quantitative estimate of drug-likeness (QED) is 0.508. The maximum atomic E-state index is 11.2. The van der Waals surface area contributed by atoms with Crippen LogP contribution in [0.4, 0.5) is 5.69 Å². The Morgan fingerprint density at radius 3 is 2.73 bits per heavy atom. The van der Waals surface area contributed by atoms with Gasteiger partial charge in [-0.3, -0.25) is 4.79 Å². The summed E-state index contributed by atoms with van der Waals surface area (Å²) in [5, 5.41) is 0. The standard InChI is InChI=1S/C8H8N2O/c1-6-4-5-7(9-2)8(11)10(6)3/h4-5H,1,3H3. The summed E-state index contributed by atoms with van der Waals surface area (Å²) >= 11 is 0. The summed E-state index contributed by atoms with van der Waals surface area (Å²) in [7, 11) is 1.66. The lowest BCUT2D eigenvalue weighted by Crippen LogP contribution is -2.17. The highest BCUT2D eigenvalue weighted by atomic mass is 16.1. The zero-order valence-corrected chi connectivity index (χ0v) is 6.46. The molecule has 0 aliphatic carbocycles. The van der Waals surface area contributed by atoms with Gasteiger partial charge >= 0.3 is 0 Å². The number of hydrogen-bond acceptors (Lipinski definition) is 1. The van der Waals surface area contributed by atoms with Crippen LogP contribution in [0.5, 0.6) is 0 Å². The second kappa shape index (κ2) is 2.59. The van der Waals surface area contributed by atoms with E-state index in [4.69, 9.17) is 6.57 Å². The molecule has 0 saturated carbocycles. The summed E-state index contributed by atoms with van der Waals surface area (Å²) in [5.41, 5.74) is 0.820. The average molecular weight is 148 g/mol. The molecule has 1 aromatic rings. The maximum absolute atomic E-state index is 11.2. The Morgan fingerprint density at radius 2 is 2.18 bits per heavy atom. The van der Waals surface area contributed by atoms with Gasteiger partial charge in [0.05, 0.1) is 6.57 Å². The third-order valence-electron chi connectivity index (χ3n) is 1.66. The van der Waals surface area contributed by atoms with Gasteiger partial charge in [0.1, 0.15) is 0 Å². The number of pyridine rings is 1. The monoisotopic (exact) mass is 148 g/mol. The van der Waals surface area contributed by atoms with Crippen molar-refractivity contribution in [1.82, 2.24) is 4.57 Å². The van der Waals surface area contributed by atoms with E-state index in [-0.39, 0.29) is 11.2 Å². The molecule has 0 bridgehead atoms. The molecule has 0 fully saturated rings. The van der Waals surface area contributed by atoms with Gasteiger partial charge in [-0.1, -0.05) is 6.07 Å². The van der Waals surface area contributed by atoms with Gasteiger partial charge in [0.25, 0.3) is 11.2 Å². The molecule has 0 aliphatic rings. The van der Waals surface area contributed by atoms with E-state index in [1.807, 2.05) is 6.92 Å². The van der Waals surface area contributed by atoms with Crippen molar-refractivity contribution in [2.45, 2.75) is 6.92 Å². The number of rotatable bonds is 0. The van der Waals surface area contributed by atoms with Gasteiger partial charge in [-0.05, 0) is 13.0 Å². The van der Waals surface area contributed by atoms with Gasteiger partial charge in [0.15, 0.2) is 0 Å².